The minimum atomic E-state index is 0.105. The number of aromatic nitrogens is 2. The molecule has 2 aliphatic rings. The summed E-state index contributed by atoms with van der Waals surface area (Å²) in [5.41, 5.74) is 1.19. The Morgan fingerprint density at radius 3 is 2.39 bits per heavy atom. The smallest absolute Gasteiger partial charge is 0.232 e. The van der Waals surface area contributed by atoms with Gasteiger partial charge in [-0.3, -0.25) is 0 Å². The van der Waals surface area contributed by atoms with Gasteiger partial charge in [-0.15, -0.1) is 0 Å². The zero-order valence-corrected chi connectivity index (χ0v) is 19.5. The quantitative estimate of drug-likeness (QED) is 0.653. The van der Waals surface area contributed by atoms with Gasteiger partial charge in [0.15, 0.2) is 5.11 Å². The van der Waals surface area contributed by atoms with Crippen LogP contribution in [0.5, 0.6) is 0 Å². The summed E-state index contributed by atoms with van der Waals surface area (Å²) < 4.78 is 0. The number of hydrogen-bond donors (Lipinski definition) is 2. The highest BCUT2D eigenvalue weighted by Gasteiger charge is 2.21. The Balaban J connectivity index is 1.52. The van der Waals surface area contributed by atoms with Gasteiger partial charge in [-0.05, 0) is 62.7 Å². The fraction of sp³-hybridized carbons (Fsp3) is 0.542. The Morgan fingerprint density at radius 2 is 1.68 bits per heavy atom. The standard InChI is InChI=1S/C24H34N6S/c1-18-10-9-15-30(17-18)22-16-21(29-13-7-4-8-14-29)26-23(27-22)28-24(31)25-19(2)20-11-5-3-6-12-20/h3,5-6,11-12,16,18-19H,4,7-10,13-15,17H2,1-2H3,(H2,25,26,27,28,31). The first-order valence-corrected chi connectivity index (χ1v) is 12.0. The number of benzene rings is 1. The van der Waals surface area contributed by atoms with E-state index in [4.69, 9.17) is 22.2 Å². The fourth-order valence-electron chi connectivity index (χ4n) is 4.48. The van der Waals surface area contributed by atoms with E-state index in [1.54, 1.807) is 0 Å². The van der Waals surface area contributed by atoms with Crippen molar-refractivity contribution in [3.63, 3.8) is 0 Å². The van der Waals surface area contributed by atoms with Crippen LogP contribution in [-0.2, 0) is 0 Å². The number of anilines is 3. The van der Waals surface area contributed by atoms with Crippen LogP contribution in [0.25, 0.3) is 0 Å². The van der Waals surface area contributed by atoms with Crippen molar-refractivity contribution >= 4 is 34.9 Å². The zero-order chi connectivity index (χ0) is 21.6. The summed E-state index contributed by atoms with van der Waals surface area (Å²) in [6.45, 7) is 8.63. The Morgan fingerprint density at radius 1 is 1.00 bits per heavy atom. The first-order chi connectivity index (χ1) is 15.1. The molecule has 166 valence electrons. The van der Waals surface area contributed by atoms with Gasteiger partial charge in [0, 0.05) is 32.2 Å². The van der Waals surface area contributed by atoms with Crippen LogP contribution in [0.15, 0.2) is 36.4 Å². The molecule has 3 heterocycles. The lowest BCUT2D eigenvalue weighted by Gasteiger charge is -2.33. The molecule has 2 aliphatic heterocycles. The molecule has 0 bridgehead atoms. The van der Waals surface area contributed by atoms with Gasteiger partial charge in [-0.1, -0.05) is 37.3 Å². The molecule has 31 heavy (non-hydrogen) atoms. The van der Waals surface area contributed by atoms with Crippen LogP contribution in [-0.4, -0.2) is 41.3 Å². The Bertz CT molecular complexity index is 868. The number of piperidine rings is 2. The van der Waals surface area contributed by atoms with Gasteiger partial charge in [0.1, 0.15) is 11.6 Å². The van der Waals surface area contributed by atoms with Crippen molar-refractivity contribution in [3.05, 3.63) is 42.0 Å². The monoisotopic (exact) mass is 438 g/mol. The predicted octanol–water partition coefficient (Wildman–Crippen LogP) is 4.75. The van der Waals surface area contributed by atoms with Gasteiger partial charge < -0.3 is 20.4 Å². The van der Waals surface area contributed by atoms with Crippen molar-refractivity contribution in [2.75, 3.05) is 41.3 Å². The molecule has 2 atom stereocenters. The van der Waals surface area contributed by atoms with Crippen molar-refractivity contribution < 1.29 is 0 Å². The second-order valence-corrected chi connectivity index (χ2v) is 9.29. The third kappa shape index (κ3) is 5.85. The maximum absolute atomic E-state index is 5.60. The fourth-order valence-corrected chi connectivity index (χ4v) is 4.75. The van der Waals surface area contributed by atoms with E-state index in [0.717, 1.165) is 37.8 Å². The minimum absolute atomic E-state index is 0.105. The van der Waals surface area contributed by atoms with Crippen LogP contribution < -0.4 is 20.4 Å². The number of thiocarbonyl (C=S) groups is 1. The molecule has 0 aliphatic carbocycles. The Labute approximate surface area is 191 Å². The van der Waals surface area contributed by atoms with Crippen LogP contribution in [0, 0.1) is 5.92 Å². The number of nitrogens with one attached hydrogen (secondary N) is 2. The topological polar surface area (TPSA) is 56.3 Å². The SMILES string of the molecule is CC1CCCN(c2cc(N3CCCCC3)nc(NC(=S)NC(C)c3ccccc3)n2)C1. The highest BCUT2D eigenvalue weighted by molar-refractivity contribution is 7.80. The summed E-state index contributed by atoms with van der Waals surface area (Å²) >= 11 is 5.60. The molecule has 0 radical (unpaired) electrons. The molecule has 0 spiro atoms. The number of rotatable bonds is 5. The summed E-state index contributed by atoms with van der Waals surface area (Å²) in [7, 11) is 0. The van der Waals surface area contributed by atoms with Crippen molar-refractivity contribution in [1.29, 1.82) is 0 Å². The number of hydrogen-bond acceptors (Lipinski definition) is 5. The summed E-state index contributed by atoms with van der Waals surface area (Å²) in [4.78, 5) is 14.5. The largest absolute Gasteiger partial charge is 0.356 e. The van der Waals surface area contributed by atoms with Crippen LogP contribution >= 0.6 is 12.2 Å². The van der Waals surface area contributed by atoms with E-state index in [0.29, 0.717) is 17.0 Å². The first-order valence-electron chi connectivity index (χ1n) is 11.6. The molecule has 1 aromatic heterocycles. The van der Waals surface area contributed by atoms with Crippen LogP contribution in [0.4, 0.5) is 17.6 Å². The van der Waals surface area contributed by atoms with Crippen molar-refractivity contribution in [2.45, 2.75) is 52.0 Å². The van der Waals surface area contributed by atoms with Crippen LogP contribution in [0.1, 0.15) is 57.6 Å². The van der Waals surface area contributed by atoms with Gasteiger partial charge in [-0.25, -0.2) is 0 Å². The molecule has 2 aromatic rings. The van der Waals surface area contributed by atoms with E-state index in [-0.39, 0.29) is 6.04 Å². The zero-order valence-electron chi connectivity index (χ0n) is 18.7. The first kappa shape index (κ1) is 21.8. The second kappa shape index (κ2) is 10.3. The van der Waals surface area contributed by atoms with E-state index >= 15 is 0 Å². The second-order valence-electron chi connectivity index (χ2n) is 8.88. The predicted molar refractivity (Wildman–Crippen MR) is 133 cm³/mol. The van der Waals surface area contributed by atoms with Crippen LogP contribution in [0.3, 0.4) is 0 Å². The van der Waals surface area contributed by atoms with Gasteiger partial charge in [0.05, 0.1) is 6.04 Å². The van der Waals surface area contributed by atoms with Gasteiger partial charge in [0.25, 0.3) is 0 Å². The Hall–Kier alpha value is -2.41. The molecule has 6 nitrogen and oxygen atoms in total. The summed E-state index contributed by atoms with van der Waals surface area (Å²) in [5, 5.41) is 7.17. The van der Waals surface area contributed by atoms with Crippen molar-refractivity contribution in [3.8, 4) is 0 Å². The molecule has 7 heteroatoms. The molecule has 0 amide bonds. The van der Waals surface area contributed by atoms with E-state index in [1.165, 1.54) is 37.7 Å². The lowest BCUT2D eigenvalue weighted by Crippen LogP contribution is -2.36. The molecule has 2 saturated heterocycles. The highest BCUT2D eigenvalue weighted by Crippen LogP contribution is 2.27. The van der Waals surface area contributed by atoms with E-state index in [2.05, 4.69) is 52.5 Å². The lowest BCUT2D eigenvalue weighted by molar-refractivity contribution is 0.444. The molecule has 2 N–H and O–H groups in total. The number of nitrogens with zero attached hydrogens (tertiary/aromatic N) is 4. The van der Waals surface area contributed by atoms with Crippen LogP contribution in [0.2, 0.25) is 0 Å². The van der Waals surface area contributed by atoms with E-state index in [1.807, 2.05) is 18.2 Å². The minimum Gasteiger partial charge on any atom is -0.356 e. The molecule has 2 unspecified atom stereocenters. The molecular formula is C24H34N6S. The van der Waals surface area contributed by atoms with Gasteiger partial charge in [0.2, 0.25) is 5.95 Å². The molecular weight excluding hydrogens is 404 g/mol. The van der Waals surface area contributed by atoms with Crippen molar-refractivity contribution in [2.24, 2.45) is 5.92 Å². The molecule has 4 rings (SSSR count). The van der Waals surface area contributed by atoms with E-state index in [9.17, 15) is 0 Å². The van der Waals surface area contributed by atoms with Gasteiger partial charge >= 0.3 is 0 Å². The molecule has 1 aromatic carbocycles. The summed E-state index contributed by atoms with van der Waals surface area (Å²) in [6, 6.07) is 12.6. The summed E-state index contributed by atoms with van der Waals surface area (Å²) in [5.74, 6) is 3.27. The lowest BCUT2D eigenvalue weighted by atomic mass is 10.0. The van der Waals surface area contributed by atoms with E-state index < -0.39 is 0 Å². The maximum atomic E-state index is 5.60. The molecule has 2 fully saturated rings. The average Bonchev–Trinajstić information content (AvgIpc) is 2.80. The normalized spacial score (nSPS) is 20.3. The highest BCUT2D eigenvalue weighted by atomic mass is 32.1. The summed E-state index contributed by atoms with van der Waals surface area (Å²) in [6.07, 6.45) is 6.24. The third-order valence-electron chi connectivity index (χ3n) is 6.23. The van der Waals surface area contributed by atoms with Crippen molar-refractivity contribution in [1.82, 2.24) is 15.3 Å². The molecule has 0 saturated carbocycles. The third-order valence-corrected chi connectivity index (χ3v) is 6.45. The Kier molecular flexibility index (Phi) is 7.22. The van der Waals surface area contributed by atoms with Gasteiger partial charge in [-0.2, -0.15) is 9.97 Å². The maximum Gasteiger partial charge on any atom is 0.232 e. The average molecular weight is 439 g/mol.